The molecule has 0 bridgehead atoms. The minimum absolute atomic E-state index is 0.0687. The molecule has 21 heavy (non-hydrogen) atoms. The molecule has 0 aromatic heterocycles. The highest BCUT2D eigenvalue weighted by Gasteiger charge is 2.10. The Balaban J connectivity index is 2.08. The van der Waals surface area contributed by atoms with E-state index in [9.17, 15) is 5.11 Å². The van der Waals surface area contributed by atoms with Crippen molar-refractivity contribution >= 4 is 5.69 Å². The molecule has 2 nitrogen and oxygen atoms in total. The van der Waals surface area contributed by atoms with Gasteiger partial charge in [0.2, 0.25) is 0 Å². The Morgan fingerprint density at radius 2 is 1.57 bits per heavy atom. The monoisotopic (exact) mass is 283 g/mol. The van der Waals surface area contributed by atoms with Crippen LogP contribution in [-0.4, -0.2) is 11.7 Å². The summed E-state index contributed by atoms with van der Waals surface area (Å²) in [6.07, 6.45) is 1.09. The first kappa shape index (κ1) is 15.6. The fraction of sp³-hybridized carbons (Fsp3) is 0.368. The maximum Gasteiger partial charge on any atom is 0.0745 e. The number of hydrogen-bond acceptors (Lipinski definition) is 2. The van der Waals surface area contributed by atoms with Crippen LogP contribution >= 0.6 is 0 Å². The third-order valence-corrected chi connectivity index (χ3v) is 3.60. The predicted molar refractivity (Wildman–Crippen MR) is 89.6 cm³/mol. The summed E-state index contributed by atoms with van der Waals surface area (Å²) in [6, 6.07) is 16.7. The molecule has 2 aromatic rings. The minimum Gasteiger partial charge on any atom is -0.394 e. The average molecular weight is 283 g/mol. The van der Waals surface area contributed by atoms with Crippen LogP contribution in [-0.2, 0) is 6.42 Å². The van der Waals surface area contributed by atoms with Crippen LogP contribution < -0.4 is 5.32 Å². The van der Waals surface area contributed by atoms with Gasteiger partial charge < -0.3 is 10.4 Å². The van der Waals surface area contributed by atoms with Gasteiger partial charge in [0.1, 0.15) is 0 Å². The largest absolute Gasteiger partial charge is 0.394 e. The lowest BCUT2D eigenvalue weighted by Crippen LogP contribution is -2.14. The van der Waals surface area contributed by atoms with E-state index >= 15 is 0 Å². The summed E-state index contributed by atoms with van der Waals surface area (Å²) in [7, 11) is 0. The zero-order chi connectivity index (χ0) is 15.2. The molecule has 0 aliphatic carbocycles. The molecule has 0 heterocycles. The molecule has 2 N–H and O–H groups in total. The molecular weight excluding hydrogens is 258 g/mol. The van der Waals surface area contributed by atoms with Crippen molar-refractivity contribution in [2.45, 2.75) is 33.2 Å². The number of aliphatic hydroxyl groups excluding tert-OH is 1. The van der Waals surface area contributed by atoms with E-state index in [1.54, 1.807) is 0 Å². The fourth-order valence-corrected chi connectivity index (χ4v) is 2.44. The summed E-state index contributed by atoms with van der Waals surface area (Å²) in [4.78, 5) is 0. The van der Waals surface area contributed by atoms with Crippen molar-refractivity contribution in [3.05, 3.63) is 65.2 Å². The number of hydrogen-bond donors (Lipinski definition) is 2. The van der Waals surface area contributed by atoms with E-state index in [1.165, 1.54) is 11.1 Å². The normalized spacial score (nSPS) is 12.4. The molecule has 0 radical (unpaired) electrons. The van der Waals surface area contributed by atoms with E-state index in [-0.39, 0.29) is 12.6 Å². The van der Waals surface area contributed by atoms with Gasteiger partial charge in [-0.2, -0.15) is 0 Å². The predicted octanol–water partition coefficient (Wildman–Crippen LogP) is 4.34. The first-order valence-corrected chi connectivity index (χ1v) is 7.61. The lowest BCUT2D eigenvalue weighted by molar-refractivity contribution is 0.276. The maximum absolute atomic E-state index is 9.65. The molecule has 2 rings (SSSR count). The first-order valence-electron chi connectivity index (χ1n) is 7.61. The van der Waals surface area contributed by atoms with Crippen LogP contribution in [0.25, 0.3) is 0 Å². The van der Waals surface area contributed by atoms with Crippen LogP contribution in [0, 0.1) is 12.8 Å². The standard InChI is InChI=1S/C19H25NO/c1-14(2)12-16-6-8-17(9-7-16)19(13-21)20-18-10-4-15(3)5-11-18/h4-11,14,19-21H,12-13H2,1-3H3. The topological polar surface area (TPSA) is 32.3 Å². The Bertz CT molecular complexity index is 543. The van der Waals surface area contributed by atoms with Crippen molar-refractivity contribution in [1.82, 2.24) is 0 Å². The van der Waals surface area contributed by atoms with Gasteiger partial charge in [-0.15, -0.1) is 0 Å². The van der Waals surface area contributed by atoms with E-state index in [0.29, 0.717) is 5.92 Å². The van der Waals surface area contributed by atoms with Gasteiger partial charge in [0.15, 0.2) is 0 Å². The number of aryl methyl sites for hydroxylation is 1. The van der Waals surface area contributed by atoms with Crippen molar-refractivity contribution in [3.8, 4) is 0 Å². The third-order valence-electron chi connectivity index (χ3n) is 3.60. The smallest absolute Gasteiger partial charge is 0.0745 e. The quantitative estimate of drug-likeness (QED) is 0.826. The van der Waals surface area contributed by atoms with Crippen LogP contribution in [0.5, 0.6) is 0 Å². The number of aliphatic hydroxyl groups is 1. The van der Waals surface area contributed by atoms with E-state index in [4.69, 9.17) is 0 Å². The molecule has 0 fully saturated rings. The summed E-state index contributed by atoms with van der Waals surface area (Å²) >= 11 is 0. The number of benzene rings is 2. The van der Waals surface area contributed by atoms with Crippen LogP contribution in [0.3, 0.4) is 0 Å². The Kier molecular flexibility index (Phi) is 5.40. The molecule has 112 valence electrons. The third kappa shape index (κ3) is 4.61. The molecule has 0 amide bonds. The molecular formula is C19H25NO. The van der Waals surface area contributed by atoms with Gasteiger partial charge in [0.05, 0.1) is 12.6 Å². The van der Waals surface area contributed by atoms with Crippen molar-refractivity contribution in [2.24, 2.45) is 5.92 Å². The van der Waals surface area contributed by atoms with Gasteiger partial charge in [-0.25, -0.2) is 0 Å². The molecule has 0 aliphatic heterocycles. The van der Waals surface area contributed by atoms with E-state index < -0.39 is 0 Å². The van der Waals surface area contributed by atoms with Gasteiger partial charge in [-0.05, 0) is 42.5 Å². The number of nitrogens with one attached hydrogen (secondary N) is 1. The zero-order valence-corrected chi connectivity index (χ0v) is 13.1. The van der Waals surface area contributed by atoms with E-state index in [2.05, 4.69) is 62.5 Å². The summed E-state index contributed by atoms with van der Waals surface area (Å²) in [5.74, 6) is 0.662. The van der Waals surface area contributed by atoms with E-state index in [0.717, 1.165) is 17.7 Å². The minimum atomic E-state index is -0.0687. The summed E-state index contributed by atoms with van der Waals surface area (Å²) in [5, 5.41) is 13.0. The molecule has 0 spiro atoms. The molecule has 1 unspecified atom stereocenters. The van der Waals surface area contributed by atoms with Crippen molar-refractivity contribution in [3.63, 3.8) is 0 Å². The molecule has 0 saturated heterocycles. The summed E-state index contributed by atoms with van der Waals surface area (Å²) in [6.45, 7) is 6.60. The van der Waals surface area contributed by atoms with Gasteiger partial charge in [-0.3, -0.25) is 0 Å². The molecule has 0 aliphatic rings. The Morgan fingerprint density at radius 3 is 2.10 bits per heavy atom. The Labute approximate surface area is 127 Å². The van der Waals surface area contributed by atoms with Gasteiger partial charge >= 0.3 is 0 Å². The highest BCUT2D eigenvalue weighted by atomic mass is 16.3. The second kappa shape index (κ2) is 7.28. The van der Waals surface area contributed by atoms with Crippen LogP contribution in [0.15, 0.2) is 48.5 Å². The lowest BCUT2D eigenvalue weighted by Gasteiger charge is -2.19. The Hall–Kier alpha value is -1.80. The highest BCUT2D eigenvalue weighted by Crippen LogP contribution is 2.21. The van der Waals surface area contributed by atoms with E-state index in [1.807, 2.05) is 12.1 Å². The number of anilines is 1. The molecule has 2 heteroatoms. The molecule has 0 saturated carbocycles. The van der Waals surface area contributed by atoms with Crippen molar-refractivity contribution in [2.75, 3.05) is 11.9 Å². The fourth-order valence-electron chi connectivity index (χ4n) is 2.44. The average Bonchev–Trinajstić information content (AvgIpc) is 2.47. The summed E-state index contributed by atoms with van der Waals surface area (Å²) < 4.78 is 0. The summed E-state index contributed by atoms with van der Waals surface area (Å²) in [5.41, 5.74) is 4.73. The molecule has 2 aromatic carbocycles. The zero-order valence-electron chi connectivity index (χ0n) is 13.1. The first-order chi connectivity index (χ1) is 10.1. The number of rotatable bonds is 6. The highest BCUT2D eigenvalue weighted by molar-refractivity contribution is 5.47. The second-order valence-corrected chi connectivity index (χ2v) is 6.09. The van der Waals surface area contributed by atoms with Crippen LogP contribution in [0.1, 0.15) is 36.6 Å². The van der Waals surface area contributed by atoms with Gasteiger partial charge in [0.25, 0.3) is 0 Å². The SMILES string of the molecule is Cc1ccc(NC(CO)c2ccc(CC(C)C)cc2)cc1. The van der Waals surface area contributed by atoms with Crippen molar-refractivity contribution < 1.29 is 5.11 Å². The molecule has 1 atom stereocenters. The second-order valence-electron chi connectivity index (χ2n) is 6.09. The van der Waals surface area contributed by atoms with Gasteiger partial charge in [-0.1, -0.05) is 55.8 Å². The van der Waals surface area contributed by atoms with Crippen molar-refractivity contribution in [1.29, 1.82) is 0 Å². The van der Waals surface area contributed by atoms with Gasteiger partial charge in [0, 0.05) is 5.69 Å². The lowest BCUT2D eigenvalue weighted by atomic mass is 9.99. The maximum atomic E-state index is 9.65. The van der Waals surface area contributed by atoms with Crippen LogP contribution in [0.2, 0.25) is 0 Å². The Morgan fingerprint density at radius 1 is 0.952 bits per heavy atom. The van der Waals surface area contributed by atoms with Crippen LogP contribution in [0.4, 0.5) is 5.69 Å².